The highest BCUT2D eigenvalue weighted by atomic mass is 16.6. The lowest BCUT2D eigenvalue weighted by Gasteiger charge is -2.10. The maximum absolute atomic E-state index is 12.9. The number of aromatic hydroxyl groups is 2. The first-order valence-electron chi connectivity index (χ1n) is 8.35. The van der Waals surface area contributed by atoms with Gasteiger partial charge in [0.25, 0.3) is 0 Å². The van der Waals surface area contributed by atoms with Crippen molar-refractivity contribution in [2.45, 2.75) is 13.3 Å². The van der Waals surface area contributed by atoms with Crippen LogP contribution in [0.3, 0.4) is 0 Å². The number of ether oxygens (including phenoxy) is 2. The van der Waals surface area contributed by atoms with Gasteiger partial charge in [0.2, 0.25) is 11.2 Å². The molecule has 3 aromatic rings. The fourth-order valence-electron chi connectivity index (χ4n) is 2.80. The Bertz CT molecular complexity index is 1120. The van der Waals surface area contributed by atoms with E-state index in [1.807, 2.05) is 6.92 Å². The Balaban J connectivity index is 2.21. The summed E-state index contributed by atoms with van der Waals surface area (Å²) in [5, 5.41) is 31.3. The van der Waals surface area contributed by atoms with Crippen LogP contribution < -0.4 is 14.9 Å². The smallest absolute Gasteiger partial charge is 0.311 e. The molecule has 146 valence electrons. The molecular formula is C19H17NO8. The summed E-state index contributed by atoms with van der Waals surface area (Å²) in [5.74, 6) is -1.15. The van der Waals surface area contributed by atoms with Crippen molar-refractivity contribution in [3.8, 4) is 34.1 Å². The third-order valence-electron chi connectivity index (χ3n) is 4.11. The third kappa shape index (κ3) is 3.18. The number of nitrogens with zero attached hydrogens (tertiary/aromatic N) is 1. The molecule has 9 nitrogen and oxygen atoms in total. The van der Waals surface area contributed by atoms with E-state index in [2.05, 4.69) is 0 Å². The molecular weight excluding hydrogens is 370 g/mol. The van der Waals surface area contributed by atoms with Gasteiger partial charge >= 0.3 is 5.69 Å². The zero-order valence-corrected chi connectivity index (χ0v) is 15.1. The molecule has 0 radical (unpaired) electrons. The lowest BCUT2D eigenvalue weighted by Crippen LogP contribution is -2.06. The van der Waals surface area contributed by atoms with Crippen LogP contribution in [0.25, 0.3) is 22.1 Å². The molecule has 0 amide bonds. The van der Waals surface area contributed by atoms with Crippen LogP contribution in [0.2, 0.25) is 0 Å². The number of benzene rings is 2. The van der Waals surface area contributed by atoms with Gasteiger partial charge in [-0.25, -0.2) is 0 Å². The minimum absolute atomic E-state index is 0.000634. The second kappa shape index (κ2) is 7.47. The van der Waals surface area contributed by atoms with Gasteiger partial charge in [0.15, 0.2) is 17.2 Å². The minimum atomic E-state index is -0.631. The fourth-order valence-corrected chi connectivity index (χ4v) is 2.80. The molecule has 0 bridgehead atoms. The van der Waals surface area contributed by atoms with Gasteiger partial charge in [-0.3, -0.25) is 14.9 Å². The second-order valence-electron chi connectivity index (χ2n) is 5.92. The van der Waals surface area contributed by atoms with Gasteiger partial charge in [-0.2, -0.15) is 0 Å². The number of nitro groups is 1. The molecule has 9 heteroatoms. The standard InChI is InChI=1S/C19H17NO8/c1-3-6-27-14-5-4-10(7-12(14)20(24)25)11-9-28-15-8-13(21)19(26-2)18(23)16(15)17(11)22/h4-5,7-9,21,23H,3,6H2,1-2H3. The second-order valence-corrected chi connectivity index (χ2v) is 5.92. The van der Waals surface area contributed by atoms with E-state index in [0.29, 0.717) is 13.0 Å². The summed E-state index contributed by atoms with van der Waals surface area (Å²) in [7, 11) is 1.23. The van der Waals surface area contributed by atoms with Crippen molar-refractivity contribution in [2.24, 2.45) is 0 Å². The molecule has 28 heavy (non-hydrogen) atoms. The highest BCUT2D eigenvalue weighted by Crippen LogP contribution is 2.41. The number of fused-ring (bicyclic) bond motifs is 1. The van der Waals surface area contributed by atoms with Crippen molar-refractivity contribution in [1.29, 1.82) is 0 Å². The molecule has 0 unspecified atom stereocenters. The van der Waals surface area contributed by atoms with Crippen molar-refractivity contribution in [3.05, 3.63) is 50.9 Å². The molecule has 3 rings (SSSR count). The molecule has 0 aliphatic heterocycles. The SMILES string of the molecule is CCCOc1ccc(-c2coc3cc(O)c(OC)c(O)c3c2=O)cc1[N+](=O)[O-]. The molecule has 0 fully saturated rings. The Morgan fingerprint density at radius 1 is 1.25 bits per heavy atom. The zero-order chi connectivity index (χ0) is 20.4. The van der Waals surface area contributed by atoms with Crippen LogP contribution >= 0.6 is 0 Å². The van der Waals surface area contributed by atoms with E-state index in [-0.39, 0.29) is 39.3 Å². The van der Waals surface area contributed by atoms with E-state index in [9.17, 15) is 25.1 Å². The summed E-state index contributed by atoms with van der Waals surface area (Å²) in [4.78, 5) is 23.7. The average molecular weight is 387 g/mol. The quantitative estimate of drug-likeness (QED) is 0.484. The van der Waals surface area contributed by atoms with Crippen LogP contribution in [-0.2, 0) is 0 Å². The summed E-state index contributed by atoms with van der Waals surface area (Å²) in [5.41, 5.74) is -0.758. The Labute approximate surface area is 158 Å². The van der Waals surface area contributed by atoms with Crippen molar-refractivity contribution in [1.82, 2.24) is 0 Å². The molecule has 0 saturated carbocycles. The van der Waals surface area contributed by atoms with Gasteiger partial charge in [-0.15, -0.1) is 0 Å². The molecule has 2 N–H and O–H groups in total. The lowest BCUT2D eigenvalue weighted by atomic mass is 10.0. The molecule has 2 aromatic carbocycles. The summed E-state index contributed by atoms with van der Waals surface area (Å²) in [6.45, 7) is 2.19. The molecule has 1 aromatic heterocycles. The van der Waals surface area contributed by atoms with Gasteiger partial charge in [0.1, 0.15) is 17.2 Å². The molecule has 0 aliphatic rings. The number of hydrogen-bond acceptors (Lipinski definition) is 8. The largest absolute Gasteiger partial charge is 0.504 e. The Morgan fingerprint density at radius 2 is 2.00 bits per heavy atom. The van der Waals surface area contributed by atoms with Crippen LogP contribution in [-0.4, -0.2) is 28.9 Å². The molecule has 0 atom stereocenters. The normalized spacial score (nSPS) is 10.8. The molecule has 1 heterocycles. The van der Waals surface area contributed by atoms with E-state index in [1.54, 1.807) is 0 Å². The Morgan fingerprint density at radius 3 is 2.64 bits per heavy atom. The number of hydrogen-bond donors (Lipinski definition) is 2. The predicted molar refractivity (Wildman–Crippen MR) is 100 cm³/mol. The van der Waals surface area contributed by atoms with Gasteiger partial charge in [0.05, 0.1) is 24.2 Å². The molecule has 0 spiro atoms. The minimum Gasteiger partial charge on any atom is -0.504 e. The average Bonchev–Trinajstić information content (AvgIpc) is 2.66. The zero-order valence-electron chi connectivity index (χ0n) is 15.1. The number of methoxy groups -OCH3 is 1. The van der Waals surface area contributed by atoms with Crippen LogP contribution in [0.4, 0.5) is 5.69 Å². The summed E-state index contributed by atoms with van der Waals surface area (Å²) in [6, 6.07) is 5.25. The molecule has 0 saturated heterocycles. The van der Waals surface area contributed by atoms with Crippen molar-refractivity contribution < 1.29 is 29.0 Å². The van der Waals surface area contributed by atoms with Crippen LogP contribution in [0.15, 0.2) is 39.7 Å². The first kappa shape index (κ1) is 19.0. The number of rotatable bonds is 6. The van der Waals surface area contributed by atoms with E-state index >= 15 is 0 Å². The van der Waals surface area contributed by atoms with Gasteiger partial charge in [-0.1, -0.05) is 6.92 Å². The first-order valence-corrected chi connectivity index (χ1v) is 8.35. The van der Waals surface area contributed by atoms with Gasteiger partial charge in [0, 0.05) is 12.1 Å². The maximum atomic E-state index is 12.9. The number of nitro benzene ring substituents is 1. The third-order valence-corrected chi connectivity index (χ3v) is 4.11. The Hall–Kier alpha value is -3.75. The van der Waals surface area contributed by atoms with Gasteiger partial charge in [-0.05, 0) is 24.1 Å². The summed E-state index contributed by atoms with van der Waals surface area (Å²) >= 11 is 0. The summed E-state index contributed by atoms with van der Waals surface area (Å²) in [6.07, 6.45) is 1.79. The number of phenolic OH excluding ortho intramolecular Hbond substituents is 2. The highest BCUT2D eigenvalue weighted by molar-refractivity contribution is 5.91. The van der Waals surface area contributed by atoms with Crippen molar-refractivity contribution in [3.63, 3.8) is 0 Å². The topological polar surface area (TPSA) is 132 Å². The van der Waals surface area contributed by atoms with Crippen molar-refractivity contribution >= 4 is 16.7 Å². The highest BCUT2D eigenvalue weighted by Gasteiger charge is 2.22. The van der Waals surface area contributed by atoms with Crippen LogP contribution in [0.5, 0.6) is 23.0 Å². The monoisotopic (exact) mass is 387 g/mol. The van der Waals surface area contributed by atoms with E-state index < -0.39 is 21.9 Å². The first-order chi connectivity index (χ1) is 13.4. The van der Waals surface area contributed by atoms with Gasteiger partial charge < -0.3 is 24.1 Å². The van der Waals surface area contributed by atoms with E-state index in [1.165, 1.54) is 25.3 Å². The number of phenols is 2. The van der Waals surface area contributed by atoms with Crippen LogP contribution in [0.1, 0.15) is 13.3 Å². The lowest BCUT2D eigenvalue weighted by molar-refractivity contribution is -0.385. The maximum Gasteiger partial charge on any atom is 0.311 e. The van der Waals surface area contributed by atoms with E-state index in [0.717, 1.165) is 12.3 Å². The van der Waals surface area contributed by atoms with Crippen LogP contribution in [0, 0.1) is 10.1 Å². The predicted octanol–water partition coefficient (Wildman–Crippen LogP) is 3.58. The fraction of sp³-hybridized carbons (Fsp3) is 0.211. The molecule has 0 aliphatic carbocycles. The Kier molecular flexibility index (Phi) is 5.08. The van der Waals surface area contributed by atoms with E-state index in [4.69, 9.17) is 13.9 Å². The summed E-state index contributed by atoms with van der Waals surface area (Å²) < 4.78 is 15.6. The van der Waals surface area contributed by atoms with Crippen molar-refractivity contribution in [2.75, 3.05) is 13.7 Å².